The average Bonchev–Trinajstić information content (AvgIpc) is 2.76. The molecule has 2 aromatic rings. The molecule has 0 bridgehead atoms. The van der Waals surface area contributed by atoms with Crippen molar-refractivity contribution in [2.45, 2.75) is 33.0 Å². The van der Waals surface area contributed by atoms with E-state index >= 15 is 0 Å². The van der Waals surface area contributed by atoms with Crippen LogP contribution in [0.4, 0.5) is 0 Å². The molecule has 0 unspecified atom stereocenters. The third kappa shape index (κ3) is 3.09. The molecule has 0 aliphatic heterocycles. The summed E-state index contributed by atoms with van der Waals surface area (Å²) in [5, 5.41) is 10.7. The molecule has 0 aliphatic rings. The molecule has 3 nitrogen and oxygen atoms in total. The van der Waals surface area contributed by atoms with Crippen molar-refractivity contribution in [1.29, 1.82) is 0 Å². The smallest absolute Gasteiger partial charge is 0.140 e. The Morgan fingerprint density at radius 2 is 2.06 bits per heavy atom. The fourth-order valence-corrected chi connectivity index (χ4v) is 2.35. The highest BCUT2D eigenvalue weighted by atomic mass is 32.1. The fraction of sp³-hybridized carbons (Fsp3) is 0.357. The Hall–Kier alpha value is -1.39. The molecule has 1 aromatic heterocycles. The molecule has 0 atom stereocenters. The molecule has 0 amide bonds. The monoisotopic (exact) mass is 263 g/mol. The van der Waals surface area contributed by atoms with E-state index in [0.29, 0.717) is 6.61 Å². The highest BCUT2D eigenvalue weighted by Gasteiger charge is 2.19. The molecule has 0 saturated carbocycles. The summed E-state index contributed by atoms with van der Waals surface area (Å²) in [5.74, 6) is 0.873. The number of ether oxygens (including phenoxy) is 1. The lowest BCUT2D eigenvalue weighted by Crippen LogP contribution is -2.12. The molecule has 0 fully saturated rings. The zero-order valence-electron chi connectivity index (χ0n) is 10.8. The van der Waals surface area contributed by atoms with Gasteiger partial charge in [0.05, 0.1) is 10.5 Å². The zero-order chi connectivity index (χ0) is 13.2. The number of aryl methyl sites for hydroxylation is 1. The normalized spacial score (nSPS) is 11.6. The summed E-state index contributed by atoms with van der Waals surface area (Å²) in [7, 11) is 0. The van der Waals surface area contributed by atoms with E-state index in [0.717, 1.165) is 21.2 Å². The second-order valence-corrected chi connectivity index (χ2v) is 5.85. The van der Waals surface area contributed by atoms with E-state index in [1.807, 2.05) is 31.2 Å². The van der Waals surface area contributed by atoms with Gasteiger partial charge in [-0.2, -0.15) is 0 Å². The molecule has 0 aliphatic carbocycles. The summed E-state index contributed by atoms with van der Waals surface area (Å²) in [6, 6.07) is 7.89. The number of nitrogens with zero attached hydrogens (tertiary/aromatic N) is 1. The largest absolute Gasteiger partial charge is 0.486 e. The first kappa shape index (κ1) is 13.1. The summed E-state index contributed by atoms with van der Waals surface area (Å²) in [6.07, 6.45) is 1.71. The highest BCUT2D eigenvalue weighted by Crippen LogP contribution is 2.26. The maximum absolute atomic E-state index is 9.86. The van der Waals surface area contributed by atoms with E-state index < -0.39 is 5.60 Å². The number of aliphatic hydroxyl groups is 1. The Morgan fingerprint density at radius 3 is 2.67 bits per heavy atom. The summed E-state index contributed by atoms with van der Waals surface area (Å²) in [4.78, 5) is 5.11. The first-order valence-electron chi connectivity index (χ1n) is 5.83. The molecular weight excluding hydrogens is 246 g/mol. The predicted molar refractivity (Wildman–Crippen MR) is 72.9 cm³/mol. The van der Waals surface area contributed by atoms with E-state index in [4.69, 9.17) is 4.74 Å². The van der Waals surface area contributed by atoms with Crippen LogP contribution in [0.15, 0.2) is 30.5 Å². The zero-order valence-corrected chi connectivity index (χ0v) is 11.6. The third-order valence-corrected chi connectivity index (χ3v) is 3.89. The molecule has 0 radical (unpaired) electrons. The van der Waals surface area contributed by atoms with Crippen LogP contribution in [-0.2, 0) is 12.2 Å². The van der Waals surface area contributed by atoms with Crippen LogP contribution in [0.3, 0.4) is 0 Å². The van der Waals surface area contributed by atoms with Crippen LogP contribution in [-0.4, -0.2) is 10.1 Å². The Kier molecular flexibility index (Phi) is 3.68. The lowest BCUT2D eigenvalue weighted by Gasteiger charge is -2.13. The van der Waals surface area contributed by atoms with Crippen molar-refractivity contribution in [1.82, 2.24) is 4.98 Å². The van der Waals surface area contributed by atoms with E-state index in [1.54, 1.807) is 20.0 Å². The predicted octanol–water partition coefficient (Wildman–Crippen LogP) is 3.26. The number of hydrogen-bond acceptors (Lipinski definition) is 4. The van der Waals surface area contributed by atoms with Crippen LogP contribution in [0.2, 0.25) is 0 Å². The lowest BCUT2D eigenvalue weighted by molar-refractivity contribution is 0.0823. The minimum Gasteiger partial charge on any atom is -0.486 e. The van der Waals surface area contributed by atoms with Crippen molar-refractivity contribution >= 4 is 11.3 Å². The van der Waals surface area contributed by atoms with Gasteiger partial charge in [0.15, 0.2) is 0 Å². The molecule has 4 heteroatoms. The van der Waals surface area contributed by atoms with Gasteiger partial charge in [-0.1, -0.05) is 18.2 Å². The van der Waals surface area contributed by atoms with Gasteiger partial charge in [0.2, 0.25) is 0 Å². The number of benzene rings is 1. The molecule has 18 heavy (non-hydrogen) atoms. The lowest BCUT2D eigenvalue weighted by atomic mass is 10.1. The quantitative estimate of drug-likeness (QED) is 0.920. The van der Waals surface area contributed by atoms with Gasteiger partial charge in [0.25, 0.3) is 0 Å². The van der Waals surface area contributed by atoms with Crippen LogP contribution in [0.5, 0.6) is 5.75 Å². The molecule has 0 spiro atoms. The number of thiazole rings is 1. The van der Waals surface area contributed by atoms with Crippen LogP contribution in [0.1, 0.15) is 29.3 Å². The van der Waals surface area contributed by atoms with Crippen LogP contribution < -0.4 is 4.74 Å². The Bertz CT molecular complexity index is 529. The molecule has 2 rings (SSSR count). The number of para-hydroxylation sites is 1. The van der Waals surface area contributed by atoms with Gasteiger partial charge < -0.3 is 9.84 Å². The molecule has 96 valence electrons. The number of aromatic nitrogens is 1. The van der Waals surface area contributed by atoms with Crippen LogP contribution >= 0.6 is 11.3 Å². The molecular formula is C14H17NO2S. The van der Waals surface area contributed by atoms with Crippen molar-refractivity contribution in [3.8, 4) is 5.75 Å². The second-order valence-electron chi connectivity index (χ2n) is 4.73. The third-order valence-electron chi connectivity index (χ3n) is 2.60. The number of hydrogen-bond donors (Lipinski definition) is 1. The van der Waals surface area contributed by atoms with Crippen molar-refractivity contribution in [2.24, 2.45) is 0 Å². The van der Waals surface area contributed by atoms with Crippen molar-refractivity contribution in [3.05, 3.63) is 45.9 Å². The van der Waals surface area contributed by atoms with Gasteiger partial charge >= 0.3 is 0 Å². The van der Waals surface area contributed by atoms with Gasteiger partial charge in [-0.25, -0.2) is 4.98 Å². The number of rotatable bonds is 4. The van der Waals surface area contributed by atoms with Crippen molar-refractivity contribution < 1.29 is 9.84 Å². The van der Waals surface area contributed by atoms with E-state index in [2.05, 4.69) is 4.98 Å². The summed E-state index contributed by atoms with van der Waals surface area (Å²) in [6.45, 7) is 5.96. The highest BCUT2D eigenvalue weighted by molar-refractivity contribution is 7.11. The van der Waals surface area contributed by atoms with Crippen molar-refractivity contribution in [2.75, 3.05) is 0 Å². The molecule has 1 N–H and O–H groups in total. The molecule has 1 aromatic carbocycles. The Balaban J connectivity index is 2.03. The molecule has 0 saturated heterocycles. The van der Waals surface area contributed by atoms with E-state index in [9.17, 15) is 5.11 Å². The van der Waals surface area contributed by atoms with Gasteiger partial charge in [0, 0.05) is 6.20 Å². The van der Waals surface area contributed by atoms with Crippen LogP contribution in [0.25, 0.3) is 0 Å². The minimum atomic E-state index is -0.835. The SMILES string of the molecule is Cc1ccccc1OCc1ncc(C(C)(C)O)s1. The summed E-state index contributed by atoms with van der Waals surface area (Å²) in [5.41, 5.74) is 0.273. The summed E-state index contributed by atoms with van der Waals surface area (Å²) < 4.78 is 5.72. The second kappa shape index (κ2) is 5.08. The van der Waals surface area contributed by atoms with E-state index in [-0.39, 0.29) is 0 Å². The Labute approximate surface area is 111 Å². The van der Waals surface area contributed by atoms with Gasteiger partial charge in [-0.05, 0) is 32.4 Å². The summed E-state index contributed by atoms with van der Waals surface area (Å²) >= 11 is 1.48. The first-order valence-corrected chi connectivity index (χ1v) is 6.64. The van der Waals surface area contributed by atoms with Gasteiger partial charge in [-0.15, -0.1) is 11.3 Å². The Morgan fingerprint density at radius 1 is 1.33 bits per heavy atom. The minimum absolute atomic E-state index is 0.436. The van der Waals surface area contributed by atoms with Gasteiger partial charge in [0.1, 0.15) is 17.4 Å². The maximum Gasteiger partial charge on any atom is 0.140 e. The van der Waals surface area contributed by atoms with Crippen LogP contribution in [0, 0.1) is 6.92 Å². The maximum atomic E-state index is 9.86. The van der Waals surface area contributed by atoms with Crippen molar-refractivity contribution in [3.63, 3.8) is 0 Å². The standard InChI is InChI=1S/C14H17NO2S/c1-10-6-4-5-7-11(10)17-9-13-15-8-12(18-13)14(2,3)16/h4-8,16H,9H2,1-3H3. The molecule has 1 heterocycles. The van der Waals surface area contributed by atoms with E-state index in [1.165, 1.54) is 11.3 Å². The topological polar surface area (TPSA) is 42.4 Å². The average molecular weight is 263 g/mol. The fourth-order valence-electron chi connectivity index (χ4n) is 1.52. The first-order chi connectivity index (χ1) is 8.47. The van der Waals surface area contributed by atoms with Gasteiger partial charge in [-0.3, -0.25) is 0 Å².